The van der Waals surface area contributed by atoms with Gasteiger partial charge in [0.1, 0.15) is 17.6 Å². The number of rotatable bonds is 5. The molecule has 3 aliphatic rings. The van der Waals surface area contributed by atoms with E-state index >= 15 is 0 Å². The number of ether oxygens (including phenoxy) is 2. The van der Waals surface area contributed by atoms with Crippen molar-refractivity contribution in [3.8, 4) is 11.5 Å². The minimum atomic E-state index is 0.165. The molecule has 1 N–H and O–H groups in total. The molecule has 2 fully saturated rings. The second-order valence-electron chi connectivity index (χ2n) is 9.06. The van der Waals surface area contributed by atoms with E-state index in [4.69, 9.17) is 9.47 Å². The first kappa shape index (κ1) is 19.0. The first-order valence-electron chi connectivity index (χ1n) is 11.6. The maximum Gasteiger partial charge on any atom is 0.124 e. The molecule has 2 aromatic carbocycles. The van der Waals surface area contributed by atoms with Gasteiger partial charge in [-0.3, -0.25) is 0 Å². The molecular weight excluding hydrogens is 358 g/mol. The van der Waals surface area contributed by atoms with Crippen molar-refractivity contribution in [1.82, 2.24) is 5.32 Å². The summed E-state index contributed by atoms with van der Waals surface area (Å²) in [5.41, 5.74) is 2.55. The van der Waals surface area contributed by atoms with E-state index < -0.39 is 0 Å². The van der Waals surface area contributed by atoms with Crippen LogP contribution in [0, 0.1) is 0 Å². The topological polar surface area (TPSA) is 30.5 Å². The van der Waals surface area contributed by atoms with Crippen LogP contribution in [0.4, 0.5) is 0 Å². The Balaban J connectivity index is 1.14. The molecule has 0 bridgehead atoms. The predicted molar refractivity (Wildman–Crippen MR) is 117 cm³/mol. The third-order valence-electron chi connectivity index (χ3n) is 6.95. The van der Waals surface area contributed by atoms with Crippen molar-refractivity contribution in [3.63, 3.8) is 0 Å². The zero-order valence-electron chi connectivity index (χ0n) is 17.3. The van der Waals surface area contributed by atoms with E-state index in [2.05, 4.69) is 53.8 Å². The van der Waals surface area contributed by atoms with Gasteiger partial charge in [0.05, 0.1) is 6.10 Å². The van der Waals surface area contributed by atoms with Crippen LogP contribution in [0.1, 0.15) is 75.0 Å². The molecule has 3 nitrogen and oxygen atoms in total. The molecule has 3 heteroatoms. The molecule has 1 heterocycles. The first-order chi connectivity index (χ1) is 14.3. The molecule has 1 unspecified atom stereocenters. The molecular formula is C26H33NO2. The Bertz CT molecular complexity index is 792. The summed E-state index contributed by atoms with van der Waals surface area (Å²) in [6.07, 6.45) is 13.0. The van der Waals surface area contributed by atoms with Gasteiger partial charge in [0.25, 0.3) is 0 Å². The first-order valence-corrected chi connectivity index (χ1v) is 11.6. The zero-order valence-corrected chi connectivity index (χ0v) is 17.3. The number of hydrogen-bond acceptors (Lipinski definition) is 3. The summed E-state index contributed by atoms with van der Waals surface area (Å²) in [5, 5.41) is 3.89. The Labute approximate surface area is 174 Å². The second-order valence-corrected chi connectivity index (χ2v) is 9.06. The number of hydrogen-bond donors (Lipinski definition) is 1. The van der Waals surface area contributed by atoms with Crippen LogP contribution in [0.3, 0.4) is 0 Å². The van der Waals surface area contributed by atoms with Crippen LogP contribution in [0.2, 0.25) is 0 Å². The summed E-state index contributed by atoms with van der Waals surface area (Å²) in [5.74, 6) is 2.03. The summed E-state index contributed by atoms with van der Waals surface area (Å²) in [4.78, 5) is 0. The third-order valence-corrected chi connectivity index (χ3v) is 6.95. The Kier molecular flexibility index (Phi) is 5.76. The average Bonchev–Trinajstić information content (AvgIpc) is 3.28. The molecule has 154 valence electrons. The van der Waals surface area contributed by atoms with E-state index in [1.807, 2.05) is 0 Å². The average molecular weight is 392 g/mol. The lowest BCUT2D eigenvalue weighted by Crippen LogP contribution is -2.40. The maximum atomic E-state index is 6.37. The van der Waals surface area contributed by atoms with E-state index in [1.165, 1.54) is 49.7 Å². The van der Waals surface area contributed by atoms with E-state index in [1.54, 1.807) is 0 Å². The fourth-order valence-corrected chi connectivity index (χ4v) is 5.31. The van der Waals surface area contributed by atoms with Gasteiger partial charge in [-0.15, -0.1) is 0 Å². The van der Waals surface area contributed by atoms with E-state index in [-0.39, 0.29) is 6.10 Å². The fraction of sp³-hybridized carbons (Fsp3) is 0.538. The van der Waals surface area contributed by atoms with Gasteiger partial charge in [-0.25, -0.2) is 0 Å². The van der Waals surface area contributed by atoms with Crippen LogP contribution >= 0.6 is 0 Å². The van der Waals surface area contributed by atoms with Crippen molar-refractivity contribution in [2.75, 3.05) is 0 Å². The molecule has 1 atom stereocenters. The SMILES string of the molecule is c1ccc(C2CCc3cc(OC4CCC(NC5CCCC5)CC4)ccc3O2)cc1. The van der Waals surface area contributed by atoms with Gasteiger partial charge in [-0.2, -0.15) is 0 Å². The number of aryl methyl sites for hydroxylation is 1. The van der Waals surface area contributed by atoms with Crippen molar-refractivity contribution < 1.29 is 9.47 Å². The monoisotopic (exact) mass is 391 g/mol. The van der Waals surface area contributed by atoms with Crippen LogP contribution < -0.4 is 14.8 Å². The Morgan fingerprint density at radius 3 is 2.34 bits per heavy atom. The van der Waals surface area contributed by atoms with Crippen LogP contribution in [-0.2, 0) is 6.42 Å². The van der Waals surface area contributed by atoms with Crippen molar-refractivity contribution in [2.24, 2.45) is 0 Å². The van der Waals surface area contributed by atoms with Gasteiger partial charge >= 0.3 is 0 Å². The number of nitrogens with one attached hydrogen (secondary N) is 1. The molecule has 1 aliphatic heterocycles. The lowest BCUT2D eigenvalue weighted by Gasteiger charge is -2.32. The van der Waals surface area contributed by atoms with Crippen molar-refractivity contribution >= 4 is 0 Å². The van der Waals surface area contributed by atoms with E-state index in [9.17, 15) is 0 Å². The highest BCUT2D eigenvalue weighted by atomic mass is 16.5. The summed E-state index contributed by atoms with van der Waals surface area (Å²) in [6.45, 7) is 0. The van der Waals surface area contributed by atoms with Gasteiger partial charge in [0.15, 0.2) is 0 Å². The Morgan fingerprint density at radius 2 is 1.55 bits per heavy atom. The molecule has 0 amide bonds. The van der Waals surface area contributed by atoms with Crippen molar-refractivity contribution in [1.29, 1.82) is 0 Å². The predicted octanol–water partition coefficient (Wildman–Crippen LogP) is 5.98. The van der Waals surface area contributed by atoms with Gasteiger partial charge in [0.2, 0.25) is 0 Å². The summed E-state index contributed by atoms with van der Waals surface area (Å²) in [7, 11) is 0. The normalized spacial score (nSPS) is 27.2. The molecule has 0 spiro atoms. The van der Waals surface area contributed by atoms with Crippen LogP contribution in [0.25, 0.3) is 0 Å². The summed E-state index contributed by atoms with van der Waals surface area (Å²) in [6, 6.07) is 18.4. The highest BCUT2D eigenvalue weighted by Gasteiger charge is 2.26. The molecule has 2 aromatic rings. The minimum absolute atomic E-state index is 0.165. The minimum Gasteiger partial charge on any atom is -0.490 e. The van der Waals surface area contributed by atoms with Crippen LogP contribution in [0.5, 0.6) is 11.5 Å². The molecule has 2 saturated carbocycles. The highest BCUT2D eigenvalue weighted by molar-refractivity contribution is 5.42. The summed E-state index contributed by atoms with van der Waals surface area (Å²) >= 11 is 0. The van der Waals surface area contributed by atoms with E-state index in [0.29, 0.717) is 12.1 Å². The smallest absolute Gasteiger partial charge is 0.124 e. The number of benzene rings is 2. The molecule has 5 rings (SSSR count). The summed E-state index contributed by atoms with van der Waals surface area (Å²) < 4.78 is 12.6. The Hall–Kier alpha value is -2.00. The van der Waals surface area contributed by atoms with Crippen molar-refractivity contribution in [3.05, 3.63) is 59.7 Å². The standard InChI is InChI=1S/C26H33NO2/c1-2-6-19(7-3-1)25-16-10-20-18-24(15-17-26(20)29-25)28-23-13-11-22(12-14-23)27-21-8-4-5-9-21/h1-3,6-7,15,17-18,21-23,25,27H,4-5,8-14,16H2. The third kappa shape index (κ3) is 4.61. The molecule has 2 aliphatic carbocycles. The number of fused-ring (bicyclic) bond motifs is 1. The fourth-order valence-electron chi connectivity index (χ4n) is 5.31. The second kappa shape index (κ2) is 8.79. The van der Waals surface area contributed by atoms with Gasteiger partial charge in [0, 0.05) is 12.1 Å². The van der Waals surface area contributed by atoms with Crippen LogP contribution in [0.15, 0.2) is 48.5 Å². The lowest BCUT2D eigenvalue weighted by atomic mass is 9.92. The van der Waals surface area contributed by atoms with Gasteiger partial charge < -0.3 is 14.8 Å². The van der Waals surface area contributed by atoms with Crippen LogP contribution in [-0.4, -0.2) is 18.2 Å². The quantitative estimate of drug-likeness (QED) is 0.680. The molecule has 0 aromatic heterocycles. The highest BCUT2D eigenvalue weighted by Crippen LogP contribution is 2.37. The molecule has 29 heavy (non-hydrogen) atoms. The molecule has 0 saturated heterocycles. The largest absolute Gasteiger partial charge is 0.490 e. The zero-order chi connectivity index (χ0) is 19.5. The van der Waals surface area contributed by atoms with E-state index in [0.717, 1.165) is 43.2 Å². The lowest BCUT2D eigenvalue weighted by molar-refractivity contribution is 0.135. The Morgan fingerprint density at radius 1 is 0.793 bits per heavy atom. The van der Waals surface area contributed by atoms with Gasteiger partial charge in [-0.1, -0.05) is 43.2 Å². The van der Waals surface area contributed by atoms with Gasteiger partial charge in [-0.05, 0) is 80.7 Å². The maximum absolute atomic E-state index is 6.37. The van der Waals surface area contributed by atoms with Crippen molar-refractivity contribution in [2.45, 2.75) is 88.5 Å². The molecule has 0 radical (unpaired) electrons.